The van der Waals surface area contributed by atoms with Crippen LogP contribution in [0.25, 0.3) is 0 Å². The molecule has 3 heteroatoms. The summed E-state index contributed by atoms with van der Waals surface area (Å²) in [5.74, 6) is 1.42. The van der Waals surface area contributed by atoms with E-state index < -0.39 is 0 Å². The summed E-state index contributed by atoms with van der Waals surface area (Å²) in [7, 11) is 2.00. The molecule has 82 valence electrons. The molecule has 0 amide bonds. The molecule has 0 atom stereocenters. The molecule has 0 aliphatic carbocycles. The molecule has 2 nitrogen and oxygen atoms in total. The molecule has 1 aromatic heterocycles. The van der Waals surface area contributed by atoms with E-state index in [2.05, 4.69) is 17.1 Å². The minimum Gasteiger partial charge on any atom is -0.329 e. The maximum absolute atomic E-state index is 5.80. The molecule has 0 bridgehead atoms. The molecule has 1 heterocycles. The Morgan fingerprint density at radius 2 is 1.94 bits per heavy atom. The quantitative estimate of drug-likeness (QED) is 0.752. The zero-order valence-corrected chi connectivity index (χ0v) is 9.85. The SMILES string of the molecule is CN(c1ccccc1)c1cc(CCl)ccn1. The number of pyridine rings is 1. The number of anilines is 2. The molecule has 0 aliphatic rings. The first-order valence-electron chi connectivity index (χ1n) is 5.11. The Morgan fingerprint density at radius 1 is 1.19 bits per heavy atom. The highest BCUT2D eigenvalue weighted by Crippen LogP contribution is 2.21. The Bertz CT molecular complexity index is 456. The third kappa shape index (κ3) is 2.34. The number of hydrogen-bond acceptors (Lipinski definition) is 2. The maximum atomic E-state index is 5.80. The maximum Gasteiger partial charge on any atom is 0.132 e. The van der Waals surface area contributed by atoms with Crippen LogP contribution >= 0.6 is 11.6 Å². The number of benzene rings is 1. The zero-order valence-electron chi connectivity index (χ0n) is 9.10. The Kier molecular flexibility index (Phi) is 3.42. The first-order valence-corrected chi connectivity index (χ1v) is 5.64. The fourth-order valence-corrected chi connectivity index (χ4v) is 1.68. The van der Waals surface area contributed by atoms with Crippen LogP contribution in [0.5, 0.6) is 0 Å². The summed E-state index contributed by atoms with van der Waals surface area (Å²) in [5.41, 5.74) is 2.19. The summed E-state index contributed by atoms with van der Waals surface area (Å²) < 4.78 is 0. The molecular weight excluding hydrogens is 220 g/mol. The van der Waals surface area contributed by atoms with E-state index in [0.29, 0.717) is 5.88 Å². The topological polar surface area (TPSA) is 16.1 Å². The van der Waals surface area contributed by atoms with E-state index in [9.17, 15) is 0 Å². The van der Waals surface area contributed by atoms with Crippen LogP contribution in [0.1, 0.15) is 5.56 Å². The molecule has 0 radical (unpaired) electrons. The molecular formula is C13H13ClN2. The van der Waals surface area contributed by atoms with Crippen LogP contribution in [0.3, 0.4) is 0 Å². The average molecular weight is 233 g/mol. The summed E-state index contributed by atoms with van der Waals surface area (Å²) in [5, 5.41) is 0. The van der Waals surface area contributed by atoms with E-state index in [1.54, 1.807) is 6.20 Å². The van der Waals surface area contributed by atoms with Crippen molar-refractivity contribution in [2.24, 2.45) is 0 Å². The molecule has 0 aliphatic heterocycles. The first-order chi connectivity index (χ1) is 7.81. The highest BCUT2D eigenvalue weighted by atomic mass is 35.5. The van der Waals surface area contributed by atoms with Gasteiger partial charge in [-0.2, -0.15) is 0 Å². The molecule has 1 aromatic carbocycles. The van der Waals surface area contributed by atoms with Gasteiger partial charge in [-0.05, 0) is 29.8 Å². The van der Waals surface area contributed by atoms with Gasteiger partial charge >= 0.3 is 0 Å². The lowest BCUT2D eigenvalue weighted by molar-refractivity contribution is 1.11. The van der Waals surface area contributed by atoms with Crippen molar-refractivity contribution in [3.63, 3.8) is 0 Å². The van der Waals surface area contributed by atoms with Gasteiger partial charge in [-0.3, -0.25) is 0 Å². The van der Waals surface area contributed by atoms with Crippen molar-refractivity contribution in [2.45, 2.75) is 5.88 Å². The Hall–Kier alpha value is -1.54. The van der Waals surface area contributed by atoms with Crippen molar-refractivity contribution >= 4 is 23.1 Å². The number of alkyl halides is 1. The Balaban J connectivity index is 2.30. The van der Waals surface area contributed by atoms with Crippen molar-refractivity contribution in [1.82, 2.24) is 4.98 Å². The number of aromatic nitrogens is 1. The van der Waals surface area contributed by atoms with E-state index in [-0.39, 0.29) is 0 Å². The molecule has 0 spiro atoms. The molecule has 2 rings (SSSR count). The van der Waals surface area contributed by atoms with Gasteiger partial charge in [0.15, 0.2) is 0 Å². The van der Waals surface area contributed by atoms with E-state index >= 15 is 0 Å². The van der Waals surface area contributed by atoms with Crippen LogP contribution in [0.2, 0.25) is 0 Å². The summed E-state index contributed by atoms with van der Waals surface area (Å²) in [6, 6.07) is 14.0. The second kappa shape index (κ2) is 4.99. The number of halogens is 1. The molecule has 0 saturated heterocycles. The van der Waals surface area contributed by atoms with Crippen LogP contribution in [0.4, 0.5) is 11.5 Å². The molecule has 0 unspecified atom stereocenters. The second-order valence-electron chi connectivity index (χ2n) is 3.55. The normalized spacial score (nSPS) is 10.1. The van der Waals surface area contributed by atoms with Crippen LogP contribution in [0, 0.1) is 0 Å². The molecule has 0 N–H and O–H groups in total. The van der Waals surface area contributed by atoms with Gasteiger partial charge in [-0.25, -0.2) is 4.98 Å². The largest absolute Gasteiger partial charge is 0.329 e. The smallest absolute Gasteiger partial charge is 0.132 e. The van der Waals surface area contributed by atoms with Gasteiger partial charge in [-0.15, -0.1) is 11.6 Å². The first kappa shape index (κ1) is 11.0. The molecule has 0 saturated carbocycles. The number of para-hydroxylation sites is 1. The monoisotopic (exact) mass is 232 g/mol. The predicted octanol–water partition coefficient (Wildman–Crippen LogP) is 3.59. The highest BCUT2D eigenvalue weighted by molar-refractivity contribution is 6.17. The number of nitrogens with zero attached hydrogens (tertiary/aromatic N) is 2. The molecule has 2 aromatic rings. The van der Waals surface area contributed by atoms with Crippen LogP contribution in [-0.2, 0) is 5.88 Å². The lowest BCUT2D eigenvalue weighted by Crippen LogP contribution is -2.10. The summed E-state index contributed by atoms with van der Waals surface area (Å²) in [6.45, 7) is 0. The Labute approximate surface area is 101 Å². The standard InChI is InChI=1S/C13H13ClN2/c1-16(12-5-3-2-4-6-12)13-9-11(10-14)7-8-15-13/h2-9H,10H2,1H3. The van der Waals surface area contributed by atoms with Crippen LogP contribution in [0.15, 0.2) is 48.7 Å². The van der Waals surface area contributed by atoms with E-state index in [0.717, 1.165) is 17.1 Å². The minimum atomic E-state index is 0.512. The third-order valence-electron chi connectivity index (χ3n) is 2.45. The summed E-state index contributed by atoms with van der Waals surface area (Å²) >= 11 is 5.80. The van der Waals surface area contributed by atoms with Crippen LogP contribution in [-0.4, -0.2) is 12.0 Å². The average Bonchev–Trinajstić information content (AvgIpc) is 2.39. The fraction of sp³-hybridized carbons (Fsp3) is 0.154. The molecule has 0 fully saturated rings. The lowest BCUT2D eigenvalue weighted by atomic mass is 10.2. The van der Waals surface area contributed by atoms with Crippen molar-refractivity contribution in [1.29, 1.82) is 0 Å². The van der Waals surface area contributed by atoms with Gasteiger partial charge < -0.3 is 4.90 Å². The summed E-state index contributed by atoms with van der Waals surface area (Å²) in [6.07, 6.45) is 1.78. The van der Waals surface area contributed by atoms with Crippen molar-refractivity contribution < 1.29 is 0 Å². The second-order valence-corrected chi connectivity index (χ2v) is 3.82. The Morgan fingerprint density at radius 3 is 2.62 bits per heavy atom. The van der Waals surface area contributed by atoms with Crippen molar-refractivity contribution in [3.8, 4) is 0 Å². The summed E-state index contributed by atoms with van der Waals surface area (Å²) in [4.78, 5) is 6.37. The lowest BCUT2D eigenvalue weighted by Gasteiger charge is -2.18. The number of rotatable bonds is 3. The predicted molar refractivity (Wildman–Crippen MR) is 68.3 cm³/mol. The van der Waals surface area contributed by atoms with Crippen molar-refractivity contribution in [3.05, 3.63) is 54.2 Å². The van der Waals surface area contributed by atoms with E-state index in [4.69, 9.17) is 11.6 Å². The van der Waals surface area contributed by atoms with E-state index in [1.807, 2.05) is 42.3 Å². The highest BCUT2D eigenvalue weighted by Gasteiger charge is 2.04. The molecule has 16 heavy (non-hydrogen) atoms. The van der Waals surface area contributed by atoms with Gasteiger partial charge in [0.25, 0.3) is 0 Å². The zero-order chi connectivity index (χ0) is 11.4. The van der Waals surface area contributed by atoms with Gasteiger partial charge in [0, 0.05) is 24.8 Å². The third-order valence-corrected chi connectivity index (χ3v) is 2.76. The van der Waals surface area contributed by atoms with Gasteiger partial charge in [-0.1, -0.05) is 18.2 Å². The van der Waals surface area contributed by atoms with Gasteiger partial charge in [0.1, 0.15) is 5.82 Å². The van der Waals surface area contributed by atoms with Gasteiger partial charge in [0.2, 0.25) is 0 Å². The van der Waals surface area contributed by atoms with E-state index in [1.165, 1.54) is 0 Å². The van der Waals surface area contributed by atoms with Crippen LogP contribution < -0.4 is 4.90 Å². The fourth-order valence-electron chi connectivity index (χ4n) is 1.51. The minimum absolute atomic E-state index is 0.512. The van der Waals surface area contributed by atoms with Crippen molar-refractivity contribution in [2.75, 3.05) is 11.9 Å². The van der Waals surface area contributed by atoms with Gasteiger partial charge in [0.05, 0.1) is 0 Å². The number of hydrogen-bond donors (Lipinski definition) is 0.